The van der Waals surface area contributed by atoms with Crippen LogP contribution in [0.4, 0.5) is 0 Å². The van der Waals surface area contributed by atoms with Crippen LogP contribution in [0.3, 0.4) is 0 Å². The lowest BCUT2D eigenvalue weighted by Gasteiger charge is -2.24. The molecule has 2 aromatic rings. The van der Waals surface area contributed by atoms with Gasteiger partial charge >= 0.3 is 0 Å². The molecule has 1 aromatic carbocycles. The van der Waals surface area contributed by atoms with Crippen LogP contribution in [0.2, 0.25) is 0 Å². The molecule has 3 rings (SSSR count). The number of nitrogens with zero attached hydrogens (tertiary/aromatic N) is 1. The van der Waals surface area contributed by atoms with E-state index >= 15 is 0 Å². The molecular formula is C24H29NO6. The van der Waals surface area contributed by atoms with Crippen molar-refractivity contribution in [2.45, 2.75) is 39.2 Å². The molecule has 0 saturated carbocycles. The molecule has 0 spiro atoms. The third-order valence-electron chi connectivity index (χ3n) is 5.25. The number of ketones is 1. The van der Waals surface area contributed by atoms with E-state index in [9.17, 15) is 14.7 Å². The molecule has 7 nitrogen and oxygen atoms in total. The summed E-state index contributed by atoms with van der Waals surface area (Å²) in [5.41, 5.74) is 1.07. The second-order valence-electron chi connectivity index (χ2n) is 8.39. The van der Waals surface area contributed by atoms with Crippen LogP contribution >= 0.6 is 0 Å². The van der Waals surface area contributed by atoms with Crippen molar-refractivity contribution in [3.63, 3.8) is 0 Å². The van der Waals surface area contributed by atoms with Crippen LogP contribution < -0.4 is 4.74 Å². The van der Waals surface area contributed by atoms with E-state index in [2.05, 4.69) is 0 Å². The topological polar surface area (TPSA) is 89.2 Å². The first-order chi connectivity index (χ1) is 14.7. The molecule has 1 aromatic heterocycles. The minimum absolute atomic E-state index is 0.0000668. The number of rotatable bonds is 7. The molecule has 31 heavy (non-hydrogen) atoms. The van der Waals surface area contributed by atoms with Crippen molar-refractivity contribution < 1.29 is 28.6 Å². The van der Waals surface area contributed by atoms with Crippen molar-refractivity contribution >= 4 is 17.4 Å². The molecule has 7 heteroatoms. The average molecular weight is 427 g/mol. The molecule has 166 valence electrons. The molecule has 0 radical (unpaired) electrons. The molecular weight excluding hydrogens is 398 g/mol. The van der Waals surface area contributed by atoms with Gasteiger partial charge in [-0.1, -0.05) is 20.8 Å². The summed E-state index contributed by atoms with van der Waals surface area (Å²) < 4.78 is 16.4. The summed E-state index contributed by atoms with van der Waals surface area (Å²) >= 11 is 0. The zero-order valence-corrected chi connectivity index (χ0v) is 18.6. The second kappa shape index (κ2) is 8.98. The number of hydrogen-bond donors (Lipinski definition) is 1. The van der Waals surface area contributed by atoms with E-state index in [-0.39, 0.29) is 29.9 Å². The molecule has 0 bridgehead atoms. The van der Waals surface area contributed by atoms with E-state index < -0.39 is 17.7 Å². The Bertz CT molecular complexity index is 984. The molecule has 2 heterocycles. The Kier molecular flexibility index (Phi) is 6.55. The van der Waals surface area contributed by atoms with Gasteiger partial charge in [0.05, 0.1) is 25.1 Å². The zero-order chi connectivity index (χ0) is 22.8. The van der Waals surface area contributed by atoms with E-state index in [1.54, 1.807) is 24.3 Å². The maximum absolute atomic E-state index is 12.9. The number of carbonyl (C=O) groups is 2. The number of amides is 1. The fraction of sp³-hybridized carbons (Fsp3) is 0.417. The second-order valence-corrected chi connectivity index (χ2v) is 8.39. The summed E-state index contributed by atoms with van der Waals surface area (Å²) in [7, 11) is 1.52. The van der Waals surface area contributed by atoms with Gasteiger partial charge in [-0.15, -0.1) is 0 Å². The highest BCUT2D eigenvalue weighted by Crippen LogP contribution is 2.41. The Morgan fingerprint density at radius 1 is 1.23 bits per heavy atom. The fourth-order valence-corrected chi connectivity index (χ4v) is 3.74. The Hall–Kier alpha value is -3.06. The van der Waals surface area contributed by atoms with Gasteiger partial charge in [0.15, 0.2) is 0 Å². The number of aliphatic hydroxyl groups is 1. The van der Waals surface area contributed by atoms with Crippen LogP contribution in [-0.2, 0) is 19.7 Å². The van der Waals surface area contributed by atoms with Crippen molar-refractivity contribution in [2.24, 2.45) is 0 Å². The van der Waals surface area contributed by atoms with E-state index in [1.165, 1.54) is 18.3 Å². The standard InChI is InChI=1S/C24H29NO6/c1-6-30-17-10-9-15(14-16(17)24(2,3)4)21(26)19-20(18-8-7-12-31-18)25(11-13-29-5)23(28)22(19)27/h7-10,12,14,20,26H,6,11,13H2,1-5H3/b21-19-. The highest BCUT2D eigenvalue weighted by atomic mass is 16.5. The number of carbonyl (C=O) groups excluding carboxylic acids is 2. The number of hydrogen-bond acceptors (Lipinski definition) is 6. The molecule has 1 N–H and O–H groups in total. The first-order valence-corrected chi connectivity index (χ1v) is 10.3. The maximum Gasteiger partial charge on any atom is 0.295 e. The first kappa shape index (κ1) is 22.6. The first-order valence-electron chi connectivity index (χ1n) is 10.3. The smallest absolute Gasteiger partial charge is 0.295 e. The molecule has 1 atom stereocenters. The van der Waals surface area contributed by atoms with Gasteiger partial charge < -0.3 is 23.9 Å². The summed E-state index contributed by atoms with van der Waals surface area (Å²) in [5.74, 6) is -0.565. The normalized spacial score (nSPS) is 18.6. The lowest BCUT2D eigenvalue weighted by molar-refractivity contribution is -0.140. The number of ether oxygens (including phenoxy) is 2. The van der Waals surface area contributed by atoms with E-state index in [0.717, 1.165) is 11.3 Å². The predicted molar refractivity (Wildman–Crippen MR) is 116 cm³/mol. The van der Waals surface area contributed by atoms with Crippen LogP contribution in [0.5, 0.6) is 5.75 Å². The van der Waals surface area contributed by atoms with Gasteiger partial charge in [-0.3, -0.25) is 9.59 Å². The summed E-state index contributed by atoms with van der Waals surface area (Å²) in [4.78, 5) is 27.0. The van der Waals surface area contributed by atoms with E-state index in [1.807, 2.05) is 33.8 Å². The third kappa shape index (κ3) is 4.37. The van der Waals surface area contributed by atoms with Crippen molar-refractivity contribution in [1.29, 1.82) is 0 Å². The lowest BCUT2D eigenvalue weighted by Crippen LogP contribution is -2.32. The average Bonchev–Trinajstić information content (AvgIpc) is 3.33. The van der Waals surface area contributed by atoms with Crippen LogP contribution in [0, 0.1) is 0 Å². The monoisotopic (exact) mass is 427 g/mol. The Labute approximate surface area is 182 Å². The number of methoxy groups -OCH3 is 1. The SMILES string of the molecule is CCOc1ccc(/C(O)=C2/C(=O)C(=O)N(CCOC)C2c2ccco2)cc1C(C)(C)C. The molecule has 1 amide bonds. The Morgan fingerprint density at radius 2 is 1.97 bits per heavy atom. The van der Waals surface area contributed by atoms with Crippen LogP contribution in [0.25, 0.3) is 5.76 Å². The van der Waals surface area contributed by atoms with E-state index in [4.69, 9.17) is 13.9 Å². The Balaban J connectivity index is 2.16. The summed E-state index contributed by atoms with van der Waals surface area (Å²) in [6.07, 6.45) is 1.47. The summed E-state index contributed by atoms with van der Waals surface area (Å²) in [6.45, 7) is 8.99. The van der Waals surface area contributed by atoms with Crippen LogP contribution in [-0.4, -0.2) is 48.6 Å². The molecule has 1 unspecified atom stereocenters. The van der Waals surface area contributed by atoms with Crippen molar-refractivity contribution in [3.05, 3.63) is 59.1 Å². The van der Waals surface area contributed by atoms with Gasteiger partial charge in [0.2, 0.25) is 0 Å². The van der Waals surface area contributed by atoms with Gasteiger partial charge in [-0.25, -0.2) is 0 Å². The minimum atomic E-state index is -0.824. The van der Waals surface area contributed by atoms with Crippen molar-refractivity contribution in [2.75, 3.05) is 26.9 Å². The molecule has 0 aliphatic carbocycles. The largest absolute Gasteiger partial charge is 0.507 e. The number of benzene rings is 1. The molecule has 1 aliphatic heterocycles. The summed E-state index contributed by atoms with van der Waals surface area (Å²) in [5, 5.41) is 11.2. The molecule has 1 saturated heterocycles. The van der Waals surface area contributed by atoms with Gasteiger partial charge in [-0.2, -0.15) is 0 Å². The third-order valence-corrected chi connectivity index (χ3v) is 5.25. The van der Waals surface area contributed by atoms with Gasteiger partial charge in [-0.05, 0) is 42.7 Å². The van der Waals surface area contributed by atoms with Crippen LogP contribution in [0.15, 0.2) is 46.6 Å². The van der Waals surface area contributed by atoms with Crippen molar-refractivity contribution in [3.8, 4) is 5.75 Å². The zero-order valence-electron chi connectivity index (χ0n) is 18.6. The number of aliphatic hydroxyl groups excluding tert-OH is 1. The van der Waals surface area contributed by atoms with Crippen LogP contribution in [0.1, 0.15) is 50.6 Å². The molecule has 1 aliphatic rings. The quantitative estimate of drug-likeness (QED) is 0.407. The number of likely N-dealkylation sites (tertiary alicyclic amines) is 1. The summed E-state index contributed by atoms with van der Waals surface area (Å²) in [6, 6.07) is 7.82. The number of Topliss-reactive ketones (excluding diaryl/α,β-unsaturated/α-hetero) is 1. The highest BCUT2D eigenvalue weighted by Gasteiger charge is 2.47. The number of furan rings is 1. The van der Waals surface area contributed by atoms with E-state index in [0.29, 0.717) is 17.9 Å². The van der Waals surface area contributed by atoms with Gasteiger partial charge in [0, 0.05) is 24.8 Å². The predicted octanol–water partition coefficient (Wildman–Crippen LogP) is 4.04. The maximum atomic E-state index is 12.9. The Morgan fingerprint density at radius 3 is 2.55 bits per heavy atom. The minimum Gasteiger partial charge on any atom is -0.507 e. The van der Waals surface area contributed by atoms with Crippen molar-refractivity contribution in [1.82, 2.24) is 4.90 Å². The lowest BCUT2D eigenvalue weighted by atomic mass is 9.84. The highest BCUT2D eigenvalue weighted by molar-refractivity contribution is 6.46. The molecule has 1 fully saturated rings. The fourth-order valence-electron chi connectivity index (χ4n) is 3.74. The van der Waals surface area contributed by atoms with Gasteiger partial charge in [0.1, 0.15) is 23.3 Å². The van der Waals surface area contributed by atoms with Gasteiger partial charge in [0.25, 0.3) is 11.7 Å².